The van der Waals surface area contributed by atoms with Gasteiger partial charge in [0.2, 0.25) is 0 Å². The van der Waals surface area contributed by atoms with Crippen LogP contribution in [0.1, 0.15) is 18.1 Å². The quantitative estimate of drug-likeness (QED) is 0.881. The molecule has 0 spiro atoms. The van der Waals surface area contributed by atoms with Crippen LogP contribution in [0.3, 0.4) is 0 Å². The van der Waals surface area contributed by atoms with Crippen molar-refractivity contribution < 1.29 is 5.11 Å². The molecule has 0 aliphatic heterocycles. The zero-order valence-electron chi connectivity index (χ0n) is 7.00. The van der Waals surface area contributed by atoms with Gasteiger partial charge < -0.3 is 5.11 Å². The maximum atomic E-state index is 9.65. The van der Waals surface area contributed by atoms with Gasteiger partial charge in [0.25, 0.3) is 0 Å². The minimum atomic E-state index is -0.567. The molecular weight excluding hydrogens is 251 g/mol. The molecule has 13 heavy (non-hydrogen) atoms. The van der Waals surface area contributed by atoms with Gasteiger partial charge in [-0.3, -0.25) is 0 Å². The van der Waals surface area contributed by atoms with Crippen LogP contribution >= 0.6 is 27.5 Å². The summed E-state index contributed by atoms with van der Waals surface area (Å²) < 4.78 is 0.948. The highest BCUT2D eigenvalue weighted by Crippen LogP contribution is 2.24. The van der Waals surface area contributed by atoms with E-state index in [2.05, 4.69) is 22.5 Å². The predicted molar refractivity (Wildman–Crippen MR) is 58.7 cm³/mol. The first-order valence-corrected chi connectivity index (χ1v) is 5.03. The van der Waals surface area contributed by atoms with E-state index in [9.17, 15) is 5.11 Å². The van der Waals surface area contributed by atoms with Crippen molar-refractivity contribution in [1.29, 1.82) is 0 Å². The molecule has 1 N–H and O–H groups in total. The van der Waals surface area contributed by atoms with E-state index in [1.807, 2.05) is 24.3 Å². The van der Waals surface area contributed by atoms with Gasteiger partial charge in [-0.05, 0) is 17.7 Å². The number of aliphatic hydroxyl groups excluding tert-OH is 1. The Bertz CT molecular complexity index is 312. The molecule has 1 aromatic rings. The standard InChI is InChI=1S/C10H10BrClO/c1-7(12)5-10(13)8-3-2-4-9(11)6-8/h2-4,6,10,13H,1,5H2. The highest BCUT2D eigenvalue weighted by Gasteiger charge is 2.07. The molecule has 1 unspecified atom stereocenters. The van der Waals surface area contributed by atoms with Crippen LogP contribution in [0.5, 0.6) is 0 Å². The fourth-order valence-electron chi connectivity index (χ4n) is 1.04. The molecule has 0 fully saturated rings. The third kappa shape index (κ3) is 3.51. The number of aliphatic hydroxyl groups is 1. The zero-order chi connectivity index (χ0) is 9.84. The average molecular weight is 262 g/mol. The summed E-state index contributed by atoms with van der Waals surface area (Å²) in [4.78, 5) is 0. The zero-order valence-corrected chi connectivity index (χ0v) is 9.35. The molecule has 0 heterocycles. The van der Waals surface area contributed by atoms with E-state index in [0.29, 0.717) is 11.5 Å². The number of halogens is 2. The second-order valence-corrected chi connectivity index (χ2v) is 4.24. The Morgan fingerprint density at radius 2 is 2.31 bits per heavy atom. The topological polar surface area (TPSA) is 20.2 Å². The predicted octanol–water partition coefficient (Wildman–Crippen LogP) is 3.63. The van der Waals surface area contributed by atoms with Crippen molar-refractivity contribution in [2.24, 2.45) is 0 Å². The van der Waals surface area contributed by atoms with Crippen LogP contribution in [0.15, 0.2) is 40.3 Å². The van der Waals surface area contributed by atoms with Crippen LogP contribution in [0.2, 0.25) is 0 Å². The fraction of sp³-hybridized carbons (Fsp3) is 0.200. The lowest BCUT2D eigenvalue weighted by Gasteiger charge is -2.09. The van der Waals surface area contributed by atoms with Crippen molar-refractivity contribution in [3.63, 3.8) is 0 Å². The van der Waals surface area contributed by atoms with Crippen molar-refractivity contribution in [3.8, 4) is 0 Å². The number of hydrogen-bond donors (Lipinski definition) is 1. The van der Waals surface area contributed by atoms with Gasteiger partial charge in [-0.15, -0.1) is 0 Å². The van der Waals surface area contributed by atoms with Crippen LogP contribution in [-0.4, -0.2) is 5.11 Å². The van der Waals surface area contributed by atoms with Crippen LogP contribution in [0, 0.1) is 0 Å². The van der Waals surface area contributed by atoms with E-state index in [4.69, 9.17) is 11.6 Å². The van der Waals surface area contributed by atoms with Crippen LogP contribution < -0.4 is 0 Å². The Morgan fingerprint density at radius 1 is 1.62 bits per heavy atom. The van der Waals surface area contributed by atoms with E-state index in [1.165, 1.54) is 0 Å². The average Bonchev–Trinajstić information content (AvgIpc) is 2.03. The van der Waals surface area contributed by atoms with Crippen LogP contribution in [0.25, 0.3) is 0 Å². The van der Waals surface area contributed by atoms with Crippen molar-refractivity contribution in [3.05, 3.63) is 45.9 Å². The van der Waals surface area contributed by atoms with E-state index >= 15 is 0 Å². The lowest BCUT2D eigenvalue weighted by atomic mass is 10.1. The van der Waals surface area contributed by atoms with E-state index in [-0.39, 0.29) is 0 Å². The molecule has 0 aliphatic carbocycles. The van der Waals surface area contributed by atoms with Gasteiger partial charge in [-0.25, -0.2) is 0 Å². The minimum Gasteiger partial charge on any atom is -0.388 e. The van der Waals surface area contributed by atoms with Crippen LogP contribution in [0.4, 0.5) is 0 Å². The van der Waals surface area contributed by atoms with E-state index in [1.54, 1.807) is 0 Å². The summed E-state index contributed by atoms with van der Waals surface area (Å²) >= 11 is 8.93. The summed E-state index contributed by atoms with van der Waals surface area (Å²) in [6.45, 7) is 3.54. The maximum absolute atomic E-state index is 9.65. The van der Waals surface area contributed by atoms with E-state index in [0.717, 1.165) is 10.0 Å². The summed E-state index contributed by atoms with van der Waals surface area (Å²) in [5.41, 5.74) is 0.844. The van der Waals surface area contributed by atoms with E-state index < -0.39 is 6.10 Å². The summed E-state index contributed by atoms with van der Waals surface area (Å²) in [7, 11) is 0. The Hall–Kier alpha value is -0.310. The van der Waals surface area contributed by atoms with Crippen molar-refractivity contribution >= 4 is 27.5 Å². The Morgan fingerprint density at radius 3 is 2.85 bits per heavy atom. The second-order valence-electron chi connectivity index (χ2n) is 2.79. The number of benzene rings is 1. The normalized spacial score (nSPS) is 12.5. The molecule has 0 radical (unpaired) electrons. The molecular formula is C10H10BrClO. The molecule has 1 aromatic carbocycles. The maximum Gasteiger partial charge on any atom is 0.0839 e. The molecule has 1 rings (SSSR count). The van der Waals surface area contributed by atoms with Gasteiger partial charge >= 0.3 is 0 Å². The monoisotopic (exact) mass is 260 g/mol. The fourth-order valence-corrected chi connectivity index (χ4v) is 1.60. The Labute approximate surface area is 91.2 Å². The van der Waals surface area contributed by atoms with Crippen molar-refractivity contribution in [2.75, 3.05) is 0 Å². The Kier molecular flexibility index (Phi) is 3.97. The lowest BCUT2D eigenvalue weighted by molar-refractivity contribution is 0.180. The molecule has 3 heteroatoms. The molecule has 0 bridgehead atoms. The molecule has 70 valence electrons. The molecule has 0 aromatic heterocycles. The highest BCUT2D eigenvalue weighted by atomic mass is 79.9. The molecule has 0 saturated heterocycles. The summed E-state index contributed by atoms with van der Waals surface area (Å²) in [5.74, 6) is 0. The van der Waals surface area contributed by atoms with Gasteiger partial charge in [0, 0.05) is 15.9 Å². The molecule has 0 saturated carbocycles. The SMILES string of the molecule is C=C(Cl)CC(O)c1cccc(Br)c1. The largest absolute Gasteiger partial charge is 0.388 e. The van der Waals surface area contributed by atoms with Gasteiger partial charge in [0.05, 0.1) is 6.10 Å². The van der Waals surface area contributed by atoms with Gasteiger partial charge in [0.1, 0.15) is 0 Å². The third-order valence-corrected chi connectivity index (χ3v) is 2.30. The second kappa shape index (κ2) is 4.80. The first-order chi connectivity index (χ1) is 6.09. The van der Waals surface area contributed by atoms with Gasteiger partial charge in [0.15, 0.2) is 0 Å². The third-order valence-electron chi connectivity index (χ3n) is 1.65. The van der Waals surface area contributed by atoms with Crippen molar-refractivity contribution in [1.82, 2.24) is 0 Å². The highest BCUT2D eigenvalue weighted by molar-refractivity contribution is 9.10. The first-order valence-electron chi connectivity index (χ1n) is 3.86. The van der Waals surface area contributed by atoms with Crippen LogP contribution in [-0.2, 0) is 0 Å². The number of hydrogen-bond acceptors (Lipinski definition) is 1. The van der Waals surface area contributed by atoms with Gasteiger partial charge in [-0.1, -0.05) is 46.2 Å². The smallest absolute Gasteiger partial charge is 0.0839 e. The molecule has 1 atom stereocenters. The number of rotatable bonds is 3. The molecule has 0 aliphatic rings. The molecule has 1 nitrogen and oxygen atoms in total. The first kappa shape index (κ1) is 10.8. The minimum absolute atomic E-state index is 0.387. The van der Waals surface area contributed by atoms with Gasteiger partial charge in [-0.2, -0.15) is 0 Å². The summed E-state index contributed by atoms with van der Waals surface area (Å²) in [5, 5.41) is 10.1. The lowest BCUT2D eigenvalue weighted by Crippen LogP contribution is -1.96. The van der Waals surface area contributed by atoms with Crippen molar-refractivity contribution in [2.45, 2.75) is 12.5 Å². The molecule has 0 amide bonds. The summed E-state index contributed by atoms with van der Waals surface area (Å²) in [6, 6.07) is 7.51. The summed E-state index contributed by atoms with van der Waals surface area (Å²) in [6.07, 6.45) is -0.180. The Balaban J connectivity index is 2.76.